The summed E-state index contributed by atoms with van der Waals surface area (Å²) < 4.78 is 0. The highest BCUT2D eigenvalue weighted by Crippen LogP contribution is 2.23. The van der Waals surface area contributed by atoms with Crippen molar-refractivity contribution < 1.29 is 9.59 Å². The van der Waals surface area contributed by atoms with Crippen molar-refractivity contribution in [2.45, 2.75) is 71.3 Å². The van der Waals surface area contributed by atoms with E-state index in [0.29, 0.717) is 0 Å². The third-order valence-corrected chi connectivity index (χ3v) is 3.19. The first-order valence-electron chi connectivity index (χ1n) is 6.76. The van der Waals surface area contributed by atoms with Crippen molar-refractivity contribution in [1.82, 2.24) is 5.32 Å². The highest BCUT2D eigenvalue weighted by atomic mass is 16.2. The van der Waals surface area contributed by atoms with Crippen molar-refractivity contribution in [1.29, 1.82) is 0 Å². The smallest absolute Gasteiger partial charge is 0.288 e. The summed E-state index contributed by atoms with van der Waals surface area (Å²) in [6.45, 7) is 5.70. The van der Waals surface area contributed by atoms with E-state index in [9.17, 15) is 9.59 Å². The number of carbonyl (C=O) groups is 2. The van der Waals surface area contributed by atoms with E-state index < -0.39 is 5.91 Å². The zero-order valence-electron chi connectivity index (χ0n) is 11.3. The number of Topliss-reactive ketones (excluding diaryl/α,β-unsaturated/α-hetero) is 1. The van der Waals surface area contributed by atoms with Crippen molar-refractivity contribution in [2.24, 2.45) is 5.92 Å². The molecule has 0 aromatic carbocycles. The minimum atomic E-state index is -0.400. The highest BCUT2D eigenvalue weighted by Gasteiger charge is 2.27. The van der Waals surface area contributed by atoms with Crippen LogP contribution in [0.25, 0.3) is 0 Å². The van der Waals surface area contributed by atoms with Crippen LogP contribution in [0.1, 0.15) is 65.7 Å². The summed E-state index contributed by atoms with van der Waals surface area (Å²) in [6.07, 6.45) is 7.61. The predicted octanol–water partition coefficient (Wildman–Crippen LogP) is 2.83. The first kappa shape index (κ1) is 14.2. The molecular weight excluding hydrogens is 214 g/mol. The molecule has 1 aliphatic rings. The number of hydrogen-bond donors (Lipinski definition) is 1. The number of carbonyl (C=O) groups excluding carboxylic acids is 2. The molecule has 0 bridgehead atoms. The van der Waals surface area contributed by atoms with Crippen molar-refractivity contribution in [3.05, 3.63) is 0 Å². The molecule has 0 atom stereocenters. The first-order valence-corrected chi connectivity index (χ1v) is 6.76. The molecule has 0 aromatic heterocycles. The quantitative estimate of drug-likeness (QED) is 0.753. The molecule has 1 rings (SSSR count). The van der Waals surface area contributed by atoms with Gasteiger partial charge in [0, 0.05) is 11.5 Å². The van der Waals surface area contributed by atoms with Gasteiger partial charge in [-0.25, -0.2) is 0 Å². The Morgan fingerprint density at radius 3 is 1.88 bits per heavy atom. The number of amides is 1. The molecule has 17 heavy (non-hydrogen) atoms. The fraction of sp³-hybridized carbons (Fsp3) is 0.857. The van der Waals surface area contributed by atoms with Gasteiger partial charge in [-0.15, -0.1) is 0 Å². The Hall–Kier alpha value is -0.860. The van der Waals surface area contributed by atoms with Crippen LogP contribution in [-0.4, -0.2) is 17.2 Å². The zero-order valence-corrected chi connectivity index (χ0v) is 11.3. The van der Waals surface area contributed by atoms with Gasteiger partial charge in [-0.3, -0.25) is 9.59 Å². The fourth-order valence-corrected chi connectivity index (χ4v) is 2.31. The average molecular weight is 239 g/mol. The maximum absolute atomic E-state index is 12.0. The van der Waals surface area contributed by atoms with E-state index in [2.05, 4.69) is 5.32 Å². The van der Waals surface area contributed by atoms with Crippen molar-refractivity contribution in [2.75, 3.05) is 0 Å². The topological polar surface area (TPSA) is 46.2 Å². The summed E-state index contributed by atoms with van der Waals surface area (Å²) in [5.41, 5.74) is -0.325. The summed E-state index contributed by atoms with van der Waals surface area (Å²) in [7, 11) is 0. The molecule has 1 fully saturated rings. The Balaban J connectivity index is 2.51. The summed E-state index contributed by atoms with van der Waals surface area (Å²) in [4.78, 5) is 23.8. The first-order chi connectivity index (χ1) is 7.90. The van der Waals surface area contributed by atoms with Gasteiger partial charge in [0.15, 0.2) is 0 Å². The molecule has 1 amide bonds. The van der Waals surface area contributed by atoms with E-state index in [4.69, 9.17) is 0 Å². The number of rotatable bonds is 2. The Bertz CT molecular complexity index is 270. The summed E-state index contributed by atoms with van der Waals surface area (Å²) in [6, 6.07) is 0. The van der Waals surface area contributed by atoms with E-state index >= 15 is 0 Å². The van der Waals surface area contributed by atoms with Gasteiger partial charge in [0.2, 0.25) is 5.78 Å². The second kappa shape index (κ2) is 6.18. The summed E-state index contributed by atoms with van der Waals surface area (Å²) in [5.74, 6) is -0.650. The molecule has 0 unspecified atom stereocenters. The second-order valence-electron chi connectivity index (χ2n) is 6.11. The molecular formula is C14H25NO2. The molecule has 0 heterocycles. The van der Waals surface area contributed by atoms with Gasteiger partial charge in [-0.2, -0.15) is 0 Å². The Morgan fingerprint density at radius 2 is 1.41 bits per heavy atom. The molecule has 0 saturated heterocycles. The molecule has 0 aliphatic heterocycles. The van der Waals surface area contributed by atoms with Crippen molar-refractivity contribution in [3.63, 3.8) is 0 Å². The molecule has 1 saturated carbocycles. The molecule has 1 aliphatic carbocycles. The van der Waals surface area contributed by atoms with Gasteiger partial charge in [0.1, 0.15) is 0 Å². The van der Waals surface area contributed by atoms with E-state index in [-0.39, 0.29) is 17.2 Å². The van der Waals surface area contributed by atoms with Crippen LogP contribution in [-0.2, 0) is 9.59 Å². The van der Waals surface area contributed by atoms with Crippen molar-refractivity contribution >= 4 is 11.7 Å². The van der Waals surface area contributed by atoms with Gasteiger partial charge >= 0.3 is 0 Å². The average Bonchev–Trinajstić information content (AvgIpc) is 2.13. The lowest BCUT2D eigenvalue weighted by atomic mass is 9.87. The SMILES string of the molecule is CC(C)(C)NC(=O)C(=O)C1CCCCCCC1. The van der Waals surface area contributed by atoms with Crippen LogP contribution in [0, 0.1) is 5.92 Å². The van der Waals surface area contributed by atoms with Crippen molar-refractivity contribution in [3.8, 4) is 0 Å². The monoisotopic (exact) mass is 239 g/mol. The predicted molar refractivity (Wildman–Crippen MR) is 68.7 cm³/mol. The van der Waals surface area contributed by atoms with Crippen LogP contribution >= 0.6 is 0 Å². The van der Waals surface area contributed by atoms with Gasteiger partial charge < -0.3 is 5.32 Å². The Kier molecular flexibility index (Phi) is 5.16. The Labute approximate surface area is 104 Å². The van der Waals surface area contributed by atoms with E-state index in [1.54, 1.807) is 0 Å². The Morgan fingerprint density at radius 1 is 0.941 bits per heavy atom. The van der Waals surface area contributed by atoms with Gasteiger partial charge in [-0.05, 0) is 33.6 Å². The lowest BCUT2D eigenvalue weighted by molar-refractivity contribution is -0.141. The zero-order chi connectivity index (χ0) is 12.9. The van der Waals surface area contributed by atoms with Crippen LogP contribution in [0.3, 0.4) is 0 Å². The lowest BCUT2D eigenvalue weighted by Gasteiger charge is -2.23. The van der Waals surface area contributed by atoms with Crippen LogP contribution < -0.4 is 5.32 Å². The third kappa shape index (κ3) is 5.33. The normalized spacial score (nSPS) is 19.2. The fourth-order valence-electron chi connectivity index (χ4n) is 2.31. The summed E-state index contributed by atoms with van der Waals surface area (Å²) >= 11 is 0. The van der Waals surface area contributed by atoms with Crippen LogP contribution in [0.4, 0.5) is 0 Å². The second-order valence-corrected chi connectivity index (χ2v) is 6.11. The third-order valence-electron chi connectivity index (χ3n) is 3.19. The van der Waals surface area contributed by atoms with Crippen LogP contribution in [0.5, 0.6) is 0 Å². The van der Waals surface area contributed by atoms with Gasteiger partial charge in [0.25, 0.3) is 5.91 Å². The molecule has 0 aromatic rings. The van der Waals surface area contributed by atoms with E-state index in [0.717, 1.165) is 25.7 Å². The minimum Gasteiger partial charge on any atom is -0.345 e. The van der Waals surface area contributed by atoms with Gasteiger partial charge in [-0.1, -0.05) is 32.1 Å². The minimum absolute atomic E-state index is 0.0438. The standard InChI is InChI=1S/C14H25NO2/c1-14(2,3)15-13(17)12(16)11-9-7-5-4-6-8-10-11/h11H,4-10H2,1-3H3,(H,15,17). The number of hydrogen-bond acceptors (Lipinski definition) is 2. The maximum Gasteiger partial charge on any atom is 0.288 e. The maximum atomic E-state index is 12.0. The number of ketones is 1. The van der Waals surface area contributed by atoms with Gasteiger partial charge in [0.05, 0.1) is 0 Å². The molecule has 1 N–H and O–H groups in total. The summed E-state index contributed by atoms with van der Waals surface area (Å²) in [5, 5.41) is 2.76. The highest BCUT2D eigenvalue weighted by molar-refractivity contribution is 6.37. The molecule has 0 spiro atoms. The molecule has 3 heteroatoms. The van der Waals surface area contributed by atoms with Crippen LogP contribution in [0.2, 0.25) is 0 Å². The van der Waals surface area contributed by atoms with E-state index in [1.165, 1.54) is 19.3 Å². The molecule has 3 nitrogen and oxygen atoms in total. The largest absolute Gasteiger partial charge is 0.345 e. The van der Waals surface area contributed by atoms with E-state index in [1.807, 2.05) is 20.8 Å². The molecule has 98 valence electrons. The van der Waals surface area contributed by atoms with Crippen LogP contribution in [0.15, 0.2) is 0 Å². The lowest BCUT2D eigenvalue weighted by Crippen LogP contribution is -2.46. The molecule has 0 radical (unpaired) electrons. The number of nitrogens with one attached hydrogen (secondary N) is 1.